The Morgan fingerprint density at radius 3 is 2.13 bits per heavy atom. The minimum absolute atomic E-state index is 0.181. The van der Waals surface area contributed by atoms with Crippen molar-refractivity contribution in [2.45, 2.75) is 24.8 Å². The normalized spacial score (nSPS) is 12.7. The zero-order valence-electron chi connectivity index (χ0n) is 17.1. The van der Waals surface area contributed by atoms with E-state index in [1.165, 1.54) is 35.7 Å². The average molecular weight is 432 g/mol. The van der Waals surface area contributed by atoms with Crippen LogP contribution in [0.4, 0.5) is 0 Å². The fraction of sp³-hybridized carbons (Fsp3) is 0.273. The van der Waals surface area contributed by atoms with Crippen molar-refractivity contribution in [1.29, 1.82) is 0 Å². The summed E-state index contributed by atoms with van der Waals surface area (Å²) in [7, 11) is -2.32. The Hall–Kier alpha value is -2.97. The van der Waals surface area contributed by atoms with Crippen molar-refractivity contribution < 1.29 is 27.5 Å². The van der Waals surface area contributed by atoms with Gasteiger partial charge in [0.2, 0.25) is 16.1 Å². The van der Waals surface area contributed by atoms with E-state index in [1.54, 1.807) is 56.3 Å². The molecule has 0 amide bonds. The third-order valence-corrected chi connectivity index (χ3v) is 6.45. The van der Waals surface area contributed by atoms with Crippen LogP contribution in [0.5, 0.6) is 0 Å². The predicted molar refractivity (Wildman–Crippen MR) is 113 cm³/mol. The molecular formula is C22H25NO6S. The Balaban J connectivity index is 2.11. The molecule has 0 aliphatic carbocycles. The molecule has 30 heavy (non-hydrogen) atoms. The molecule has 1 atom stereocenters. The standard InChI is InChI=1S/C22H25NO6S/c1-4-23(5-2)30(26,27)19-14-11-17(12-15-19)13-16-20(24)29-21(22(25)28-3)18-9-7-6-8-10-18/h6-16,21H,4-5H2,1-3H3/b16-13+. The van der Waals surface area contributed by atoms with Crippen LogP contribution in [0.3, 0.4) is 0 Å². The number of rotatable bonds is 9. The van der Waals surface area contributed by atoms with Crippen LogP contribution in [-0.4, -0.2) is 44.9 Å². The Morgan fingerprint density at radius 1 is 1.00 bits per heavy atom. The number of ether oxygens (including phenoxy) is 2. The molecule has 0 radical (unpaired) electrons. The first-order chi connectivity index (χ1) is 14.3. The molecule has 160 valence electrons. The van der Waals surface area contributed by atoms with Crippen LogP contribution in [0.15, 0.2) is 65.6 Å². The second kappa shape index (κ2) is 10.7. The summed E-state index contributed by atoms with van der Waals surface area (Å²) in [5, 5.41) is 0. The lowest BCUT2D eigenvalue weighted by Gasteiger charge is -2.18. The van der Waals surface area contributed by atoms with Gasteiger partial charge in [-0.3, -0.25) is 0 Å². The van der Waals surface area contributed by atoms with Crippen molar-refractivity contribution in [3.05, 3.63) is 71.8 Å². The summed E-state index contributed by atoms with van der Waals surface area (Å²) in [6, 6.07) is 14.7. The fourth-order valence-electron chi connectivity index (χ4n) is 2.77. The molecule has 8 heteroatoms. The summed E-state index contributed by atoms with van der Waals surface area (Å²) in [5.41, 5.74) is 1.11. The van der Waals surface area contributed by atoms with Crippen LogP contribution in [0.1, 0.15) is 31.1 Å². The Morgan fingerprint density at radius 2 is 1.60 bits per heavy atom. The minimum atomic E-state index is -3.54. The van der Waals surface area contributed by atoms with Crippen molar-refractivity contribution in [2.24, 2.45) is 0 Å². The molecule has 2 aromatic carbocycles. The van der Waals surface area contributed by atoms with Gasteiger partial charge < -0.3 is 9.47 Å². The summed E-state index contributed by atoms with van der Waals surface area (Å²) in [4.78, 5) is 24.3. The molecule has 0 heterocycles. The maximum absolute atomic E-state index is 12.5. The van der Waals surface area contributed by atoms with Gasteiger partial charge in [0.05, 0.1) is 12.0 Å². The monoisotopic (exact) mass is 431 g/mol. The Kier molecular flexibility index (Phi) is 8.32. The number of methoxy groups -OCH3 is 1. The molecule has 0 N–H and O–H groups in total. The number of carbonyl (C=O) groups excluding carboxylic acids is 2. The van der Waals surface area contributed by atoms with Gasteiger partial charge in [0, 0.05) is 24.7 Å². The lowest BCUT2D eigenvalue weighted by Crippen LogP contribution is -2.30. The van der Waals surface area contributed by atoms with Gasteiger partial charge in [0.15, 0.2) is 0 Å². The van der Waals surface area contributed by atoms with E-state index >= 15 is 0 Å². The maximum atomic E-state index is 12.5. The van der Waals surface area contributed by atoms with E-state index in [1.807, 2.05) is 0 Å². The number of hydrogen-bond acceptors (Lipinski definition) is 6. The van der Waals surface area contributed by atoms with Gasteiger partial charge in [0.1, 0.15) is 0 Å². The van der Waals surface area contributed by atoms with Gasteiger partial charge in [0.25, 0.3) is 0 Å². The molecule has 7 nitrogen and oxygen atoms in total. The molecule has 0 saturated heterocycles. The topological polar surface area (TPSA) is 90.0 Å². The van der Waals surface area contributed by atoms with Crippen molar-refractivity contribution in [2.75, 3.05) is 20.2 Å². The van der Waals surface area contributed by atoms with E-state index in [-0.39, 0.29) is 4.90 Å². The lowest BCUT2D eigenvalue weighted by molar-refractivity contribution is -0.163. The average Bonchev–Trinajstić information content (AvgIpc) is 2.77. The van der Waals surface area contributed by atoms with E-state index in [0.717, 1.165) is 0 Å². The number of sulfonamides is 1. The number of hydrogen-bond donors (Lipinski definition) is 0. The molecule has 0 aromatic heterocycles. The molecule has 0 aliphatic rings. The van der Waals surface area contributed by atoms with Crippen LogP contribution < -0.4 is 0 Å². The molecule has 0 aliphatic heterocycles. The molecule has 2 aromatic rings. The van der Waals surface area contributed by atoms with Crippen molar-refractivity contribution >= 4 is 28.0 Å². The molecule has 0 spiro atoms. The minimum Gasteiger partial charge on any atom is -0.466 e. The summed E-state index contributed by atoms with van der Waals surface area (Å²) in [6.45, 7) is 4.33. The van der Waals surface area contributed by atoms with Crippen molar-refractivity contribution in [3.8, 4) is 0 Å². The van der Waals surface area contributed by atoms with Gasteiger partial charge in [-0.05, 0) is 23.8 Å². The lowest BCUT2D eigenvalue weighted by atomic mass is 10.1. The van der Waals surface area contributed by atoms with Crippen LogP contribution in [0, 0.1) is 0 Å². The van der Waals surface area contributed by atoms with Crippen LogP contribution in [-0.2, 0) is 29.1 Å². The second-order valence-electron chi connectivity index (χ2n) is 6.24. The highest BCUT2D eigenvalue weighted by Gasteiger charge is 2.25. The molecule has 0 bridgehead atoms. The third kappa shape index (κ3) is 5.77. The molecule has 2 rings (SSSR count). The first-order valence-corrected chi connectivity index (χ1v) is 10.9. The van der Waals surface area contributed by atoms with Gasteiger partial charge in [-0.2, -0.15) is 4.31 Å². The Bertz CT molecular complexity index is 980. The SMILES string of the molecule is CCN(CC)S(=O)(=O)c1ccc(/C=C/C(=O)OC(C(=O)OC)c2ccccc2)cc1. The Labute approximate surface area is 177 Å². The van der Waals surface area contributed by atoms with Crippen molar-refractivity contribution in [1.82, 2.24) is 4.31 Å². The second-order valence-corrected chi connectivity index (χ2v) is 8.18. The summed E-state index contributed by atoms with van der Waals surface area (Å²) in [6.07, 6.45) is 1.48. The number of nitrogens with zero attached hydrogens (tertiary/aromatic N) is 1. The predicted octanol–water partition coefficient (Wildman–Crippen LogP) is 3.19. The van der Waals surface area contributed by atoms with E-state index in [0.29, 0.717) is 24.2 Å². The number of esters is 2. The smallest absolute Gasteiger partial charge is 0.351 e. The number of benzene rings is 2. The van der Waals surface area contributed by atoms with Gasteiger partial charge >= 0.3 is 11.9 Å². The van der Waals surface area contributed by atoms with E-state index in [4.69, 9.17) is 9.47 Å². The fourth-order valence-corrected chi connectivity index (χ4v) is 4.23. The van der Waals surface area contributed by atoms with E-state index in [2.05, 4.69) is 0 Å². The summed E-state index contributed by atoms with van der Waals surface area (Å²) in [5.74, 6) is -1.41. The third-order valence-electron chi connectivity index (χ3n) is 4.39. The summed E-state index contributed by atoms with van der Waals surface area (Å²) >= 11 is 0. The van der Waals surface area contributed by atoms with Gasteiger partial charge in [-0.1, -0.05) is 56.3 Å². The van der Waals surface area contributed by atoms with Crippen LogP contribution >= 0.6 is 0 Å². The van der Waals surface area contributed by atoms with Crippen molar-refractivity contribution in [3.63, 3.8) is 0 Å². The highest BCUT2D eigenvalue weighted by molar-refractivity contribution is 7.89. The van der Waals surface area contributed by atoms with E-state index < -0.39 is 28.1 Å². The van der Waals surface area contributed by atoms with E-state index in [9.17, 15) is 18.0 Å². The quantitative estimate of drug-likeness (QED) is 0.447. The number of carbonyl (C=O) groups is 2. The summed E-state index contributed by atoms with van der Waals surface area (Å²) < 4.78 is 36.3. The highest BCUT2D eigenvalue weighted by Crippen LogP contribution is 2.20. The highest BCUT2D eigenvalue weighted by atomic mass is 32.2. The zero-order valence-corrected chi connectivity index (χ0v) is 18.0. The molecule has 0 fully saturated rings. The van der Waals surface area contributed by atoms with Gasteiger partial charge in [-0.25, -0.2) is 18.0 Å². The maximum Gasteiger partial charge on any atom is 0.351 e. The molecule has 0 saturated carbocycles. The zero-order chi connectivity index (χ0) is 22.1. The van der Waals surface area contributed by atoms with Crippen LogP contribution in [0.25, 0.3) is 6.08 Å². The first kappa shape index (κ1) is 23.3. The largest absolute Gasteiger partial charge is 0.466 e. The molecular weight excluding hydrogens is 406 g/mol. The molecule has 1 unspecified atom stereocenters. The van der Waals surface area contributed by atoms with Gasteiger partial charge in [-0.15, -0.1) is 0 Å². The van der Waals surface area contributed by atoms with Crippen LogP contribution in [0.2, 0.25) is 0 Å². The first-order valence-electron chi connectivity index (χ1n) is 9.45.